The van der Waals surface area contributed by atoms with Crippen molar-refractivity contribution in [1.29, 1.82) is 0 Å². The minimum absolute atomic E-state index is 0.575. The van der Waals surface area contributed by atoms with E-state index in [0.29, 0.717) is 6.29 Å². The van der Waals surface area contributed by atoms with Crippen LogP contribution in [0, 0.1) is 0 Å². The van der Waals surface area contributed by atoms with E-state index in [0.717, 1.165) is 11.3 Å². The first-order chi connectivity index (χ1) is 9.76. The molecule has 0 aliphatic carbocycles. The van der Waals surface area contributed by atoms with Crippen LogP contribution in [0.1, 0.15) is 17.3 Å². The Balaban J connectivity index is 2.26. The van der Waals surface area contributed by atoms with Crippen molar-refractivity contribution in [3.8, 4) is 0 Å². The molecular formula is C16H15NO3. The lowest BCUT2D eigenvalue weighted by atomic mass is 10.2. The molecule has 1 unspecified atom stereocenters. The first-order valence-corrected chi connectivity index (χ1v) is 6.19. The molecule has 2 aromatic rings. The monoisotopic (exact) mass is 269 g/mol. The van der Waals surface area contributed by atoms with Crippen molar-refractivity contribution in [1.82, 2.24) is 4.57 Å². The molecule has 0 spiro atoms. The molecule has 0 N–H and O–H groups in total. The van der Waals surface area contributed by atoms with Gasteiger partial charge in [0.2, 0.25) is 0 Å². The van der Waals surface area contributed by atoms with E-state index in [4.69, 9.17) is 0 Å². The Labute approximate surface area is 117 Å². The summed E-state index contributed by atoms with van der Waals surface area (Å²) in [7, 11) is 1.27. The maximum Gasteiger partial charge on any atom is 0.336 e. The Morgan fingerprint density at radius 2 is 1.90 bits per heavy atom. The highest BCUT2D eigenvalue weighted by molar-refractivity contribution is 5.90. The Bertz CT molecular complexity index is 614. The highest BCUT2D eigenvalue weighted by Gasteiger charge is 2.20. The molecule has 1 aromatic heterocycles. The second kappa shape index (κ2) is 6.52. The second-order valence-corrected chi connectivity index (χ2v) is 4.19. The Hall–Kier alpha value is -2.62. The molecule has 4 nitrogen and oxygen atoms in total. The van der Waals surface area contributed by atoms with Crippen LogP contribution < -0.4 is 0 Å². The zero-order valence-corrected chi connectivity index (χ0v) is 11.1. The van der Waals surface area contributed by atoms with E-state index in [1.54, 1.807) is 16.8 Å². The lowest BCUT2D eigenvalue weighted by Crippen LogP contribution is -2.22. The molecule has 1 aromatic carbocycles. The van der Waals surface area contributed by atoms with E-state index >= 15 is 0 Å². The lowest BCUT2D eigenvalue weighted by Gasteiger charge is -2.12. The molecule has 20 heavy (non-hydrogen) atoms. The fourth-order valence-electron chi connectivity index (χ4n) is 1.90. The average Bonchev–Trinajstić information content (AvgIpc) is 2.95. The second-order valence-electron chi connectivity index (χ2n) is 4.19. The van der Waals surface area contributed by atoms with Gasteiger partial charge in [0.25, 0.3) is 0 Å². The summed E-state index contributed by atoms with van der Waals surface area (Å²) in [5.41, 5.74) is 1.80. The van der Waals surface area contributed by atoms with Crippen molar-refractivity contribution in [2.24, 2.45) is 0 Å². The molecule has 0 radical (unpaired) electrons. The van der Waals surface area contributed by atoms with Crippen molar-refractivity contribution in [2.45, 2.75) is 6.04 Å². The van der Waals surface area contributed by atoms with E-state index in [-0.39, 0.29) is 0 Å². The van der Waals surface area contributed by atoms with Crippen molar-refractivity contribution >= 4 is 24.4 Å². The molecule has 0 saturated heterocycles. The van der Waals surface area contributed by atoms with Crippen LogP contribution in [0.2, 0.25) is 0 Å². The normalized spacial score (nSPS) is 12.2. The first kappa shape index (κ1) is 13.8. The molecule has 0 amide bonds. The van der Waals surface area contributed by atoms with Gasteiger partial charge in [-0.1, -0.05) is 36.4 Å². The minimum atomic E-state index is -0.953. The standard InChI is InChI=1S/C16H15NO3/c1-20-16(19)15(12-18)17-11-5-8-14(17)10-9-13-6-3-2-4-7-13/h2-12,15H,1H3. The Morgan fingerprint density at radius 1 is 1.15 bits per heavy atom. The number of aromatic nitrogens is 1. The third-order valence-electron chi connectivity index (χ3n) is 2.93. The maximum absolute atomic E-state index is 11.6. The van der Waals surface area contributed by atoms with Gasteiger partial charge in [0.15, 0.2) is 12.3 Å². The summed E-state index contributed by atoms with van der Waals surface area (Å²) in [6, 6.07) is 12.4. The molecule has 0 fully saturated rings. The van der Waals surface area contributed by atoms with Crippen LogP contribution in [0.3, 0.4) is 0 Å². The van der Waals surface area contributed by atoms with Crippen LogP contribution >= 0.6 is 0 Å². The van der Waals surface area contributed by atoms with E-state index in [1.165, 1.54) is 7.11 Å². The van der Waals surface area contributed by atoms with Crippen LogP contribution in [0.5, 0.6) is 0 Å². The van der Waals surface area contributed by atoms with E-state index in [2.05, 4.69) is 4.74 Å². The van der Waals surface area contributed by atoms with E-state index in [9.17, 15) is 9.59 Å². The summed E-state index contributed by atoms with van der Waals surface area (Å²) in [5, 5.41) is 0. The summed E-state index contributed by atoms with van der Waals surface area (Å²) in [6.07, 6.45) is 6.03. The summed E-state index contributed by atoms with van der Waals surface area (Å²) in [4.78, 5) is 22.7. The zero-order chi connectivity index (χ0) is 14.4. The number of rotatable bonds is 5. The highest BCUT2D eigenvalue weighted by Crippen LogP contribution is 2.15. The van der Waals surface area contributed by atoms with Crippen LogP contribution in [0.25, 0.3) is 12.2 Å². The molecule has 1 atom stereocenters. The van der Waals surface area contributed by atoms with Gasteiger partial charge in [-0.3, -0.25) is 0 Å². The van der Waals surface area contributed by atoms with Gasteiger partial charge in [0.1, 0.15) is 0 Å². The van der Waals surface area contributed by atoms with Gasteiger partial charge in [0.05, 0.1) is 7.11 Å². The number of hydrogen-bond donors (Lipinski definition) is 0. The molecule has 0 aliphatic heterocycles. The molecule has 2 rings (SSSR count). The molecule has 0 bridgehead atoms. The number of benzene rings is 1. The van der Waals surface area contributed by atoms with Crippen molar-refractivity contribution < 1.29 is 14.3 Å². The van der Waals surface area contributed by atoms with Crippen molar-refractivity contribution in [3.05, 3.63) is 59.9 Å². The molecule has 0 saturated carbocycles. The number of hydrogen-bond acceptors (Lipinski definition) is 3. The van der Waals surface area contributed by atoms with Gasteiger partial charge in [-0.15, -0.1) is 0 Å². The summed E-state index contributed by atoms with van der Waals surface area (Å²) in [6.45, 7) is 0. The Kier molecular flexibility index (Phi) is 4.50. The largest absolute Gasteiger partial charge is 0.467 e. The van der Waals surface area contributed by atoms with Gasteiger partial charge in [-0.25, -0.2) is 4.79 Å². The summed E-state index contributed by atoms with van der Waals surface area (Å²) < 4.78 is 6.21. The van der Waals surface area contributed by atoms with Crippen molar-refractivity contribution in [3.63, 3.8) is 0 Å². The van der Waals surface area contributed by atoms with Gasteiger partial charge in [-0.2, -0.15) is 0 Å². The number of carbonyl (C=O) groups excluding carboxylic acids is 2. The number of aldehydes is 1. The minimum Gasteiger partial charge on any atom is -0.467 e. The number of methoxy groups -OCH3 is 1. The SMILES string of the molecule is COC(=O)C(C=O)n1cccc1C=Cc1ccccc1. The molecule has 4 heteroatoms. The smallest absolute Gasteiger partial charge is 0.336 e. The van der Waals surface area contributed by atoms with Crippen LogP contribution in [-0.4, -0.2) is 23.9 Å². The number of nitrogens with zero attached hydrogens (tertiary/aromatic N) is 1. The summed E-state index contributed by atoms with van der Waals surface area (Å²) in [5.74, 6) is -0.578. The quantitative estimate of drug-likeness (QED) is 0.476. The summed E-state index contributed by atoms with van der Waals surface area (Å²) >= 11 is 0. The third kappa shape index (κ3) is 3.03. The fraction of sp³-hybridized carbons (Fsp3) is 0.125. The van der Waals surface area contributed by atoms with E-state index in [1.807, 2.05) is 48.6 Å². The fourth-order valence-corrected chi connectivity index (χ4v) is 1.90. The zero-order valence-electron chi connectivity index (χ0n) is 11.1. The first-order valence-electron chi connectivity index (χ1n) is 6.19. The van der Waals surface area contributed by atoms with Crippen LogP contribution in [0.4, 0.5) is 0 Å². The van der Waals surface area contributed by atoms with Crippen molar-refractivity contribution in [2.75, 3.05) is 7.11 Å². The molecule has 102 valence electrons. The van der Waals surface area contributed by atoms with Gasteiger partial charge >= 0.3 is 5.97 Å². The molecule has 1 heterocycles. The average molecular weight is 269 g/mol. The van der Waals surface area contributed by atoms with E-state index < -0.39 is 12.0 Å². The number of esters is 1. The predicted octanol–water partition coefficient (Wildman–Crippen LogP) is 2.57. The maximum atomic E-state index is 11.6. The predicted molar refractivity (Wildman–Crippen MR) is 76.9 cm³/mol. The lowest BCUT2D eigenvalue weighted by molar-refractivity contribution is -0.145. The van der Waals surface area contributed by atoms with Gasteiger partial charge in [-0.05, 0) is 23.8 Å². The topological polar surface area (TPSA) is 48.3 Å². The van der Waals surface area contributed by atoms with Gasteiger partial charge in [0, 0.05) is 11.9 Å². The molecule has 0 aliphatic rings. The number of carbonyl (C=O) groups is 2. The number of ether oxygens (including phenoxy) is 1. The van der Waals surface area contributed by atoms with Gasteiger partial charge < -0.3 is 14.1 Å². The van der Waals surface area contributed by atoms with Crippen LogP contribution in [-0.2, 0) is 14.3 Å². The van der Waals surface area contributed by atoms with Crippen LogP contribution in [0.15, 0.2) is 48.7 Å². The third-order valence-corrected chi connectivity index (χ3v) is 2.93. The highest BCUT2D eigenvalue weighted by atomic mass is 16.5. The Morgan fingerprint density at radius 3 is 2.55 bits per heavy atom. The molecular weight excluding hydrogens is 254 g/mol.